The van der Waals surface area contributed by atoms with Gasteiger partial charge < -0.3 is 14.4 Å². The van der Waals surface area contributed by atoms with Gasteiger partial charge in [-0.3, -0.25) is 9.36 Å². The van der Waals surface area contributed by atoms with Gasteiger partial charge in [0.2, 0.25) is 0 Å². The Labute approximate surface area is 188 Å². The Morgan fingerprint density at radius 3 is 2.59 bits per heavy atom. The van der Waals surface area contributed by atoms with E-state index in [-0.39, 0.29) is 11.7 Å². The lowest BCUT2D eigenvalue weighted by Crippen LogP contribution is -2.43. The lowest BCUT2D eigenvalue weighted by Gasteiger charge is -2.36. The lowest BCUT2D eigenvalue weighted by molar-refractivity contribution is 0.0767. The van der Waals surface area contributed by atoms with Crippen molar-refractivity contribution in [3.8, 4) is 22.9 Å². The smallest absolute Gasteiger partial charge is 0.263 e. The molecule has 2 fully saturated rings. The molecule has 0 spiro atoms. The van der Waals surface area contributed by atoms with Crippen LogP contribution in [0.4, 0.5) is 0 Å². The summed E-state index contributed by atoms with van der Waals surface area (Å²) >= 11 is 0. The molecule has 32 heavy (non-hydrogen) atoms. The van der Waals surface area contributed by atoms with Crippen LogP contribution in [0.25, 0.3) is 22.4 Å². The van der Waals surface area contributed by atoms with Crippen molar-refractivity contribution in [3.63, 3.8) is 0 Å². The summed E-state index contributed by atoms with van der Waals surface area (Å²) in [7, 11) is 3.35. The van der Waals surface area contributed by atoms with Crippen molar-refractivity contribution in [1.29, 1.82) is 0 Å². The summed E-state index contributed by atoms with van der Waals surface area (Å²) in [5, 5.41) is 0.501. The van der Waals surface area contributed by atoms with Crippen molar-refractivity contribution in [2.45, 2.75) is 50.7 Å². The van der Waals surface area contributed by atoms with Crippen molar-refractivity contribution in [2.75, 3.05) is 20.2 Å². The summed E-state index contributed by atoms with van der Waals surface area (Å²) < 4.78 is 13.5. The average Bonchev–Trinajstić information content (AvgIpc) is 3.37. The number of fused-ring (bicyclic) bond motifs is 1. The lowest BCUT2D eigenvalue weighted by atomic mass is 10.0. The summed E-state index contributed by atoms with van der Waals surface area (Å²) in [6.45, 7) is 2.22. The van der Waals surface area contributed by atoms with Gasteiger partial charge >= 0.3 is 0 Å². The molecule has 0 radical (unpaired) electrons. The van der Waals surface area contributed by atoms with Crippen molar-refractivity contribution in [2.24, 2.45) is 7.05 Å². The zero-order chi connectivity index (χ0) is 22.1. The highest BCUT2D eigenvalue weighted by atomic mass is 16.5. The van der Waals surface area contributed by atoms with Crippen LogP contribution in [0, 0.1) is 0 Å². The predicted octanol–water partition coefficient (Wildman–Crippen LogP) is 3.79. The van der Waals surface area contributed by atoms with Gasteiger partial charge in [0, 0.05) is 38.4 Å². The molecule has 168 valence electrons. The first-order valence-corrected chi connectivity index (χ1v) is 11.5. The van der Waals surface area contributed by atoms with Crippen LogP contribution in [0.1, 0.15) is 38.5 Å². The van der Waals surface area contributed by atoms with E-state index in [2.05, 4.69) is 14.9 Å². The molecule has 7 heteroatoms. The zero-order valence-electron chi connectivity index (χ0n) is 18.8. The molecule has 1 aliphatic heterocycles. The maximum atomic E-state index is 12.8. The van der Waals surface area contributed by atoms with Crippen LogP contribution in [0.15, 0.2) is 41.3 Å². The van der Waals surface area contributed by atoms with Crippen LogP contribution in [0.3, 0.4) is 0 Å². The van der Waals surface area contributed by atoms with E-state index in [1.54, 1.807) is 37.1 Å². The van der Waals surface area contributed by atoms with Gasteiger partial charge in [0.05, 0.1) is 18.1 Å². The van der Waals surface area contributed by atoms with Gasteiger partial charge in [-0.15, -0.1) is 0 Å². The fraction of sp³-hybridized carbons (Fsp3) is 0.480. The third-order valence-electron chi connectivity index (χ3n) is 6.89. The third-order valence-corrected chi connectivity index (χ3v) is 6.89. The second-order valence-electron chi connectivity index (χ2n) is 8.83. The molecule has 3 aromatic rings. The molecule has 1 saturated carbocycles. The van der Waals surface area contributed by atoms with Crippen molar-refractivity contribution < 1.29 is 9.47 Å². The van der Waals surface area contributed by atoms with Crippen LogP contribution in [0.2, 0.25) is 0 Å². The molecule has 5 rings (SSSR count). The van der Waals surface area contributed by atoms with Crippen LogP contribution in [-0.2, 0) is 7.05 Å². The number of aromatic nitrogens is 3. The van der Waals surface area contributed by atoms with Gasteiger partial charge in [0.25, 0.3) is 5.56 Å². The Morgan fingerprint density at radius 2 is 1.84 bits per heavy atom. The first-order chi connectivity index (χ1) is 15.6. The highest BCUT2D eigenvalue weighted by Gasteiger charge is 2.28. The molecule has 1 aromatic carbocycles. The second-order valence-corrected chi connectivity index (χ2v) is 8.83. The summed E-state index contributed by atoms with van der Waals surface area (Å²) in [4.78, 5) is 24.3. The van der Waals surface area contributed by atoms with Crippen LogP contribution in [0.5, 0.6) is 11.5 Å². The average molecular weight is 435 g/mol. The van der Waals surface area contributed by atoms with Gasteiger partial charge in [0.15, 0.2) is 5.65 Å². The number of nitrogens with zero attached hydrogens (tertiary/aromatic N) is 4. The molecule has 2 aliphatic rings. The standard InChI is InChI=1S/C25H30N4O3/c1-28-24(27-23-21(25(28)30)8-5-13-26-23)20-10-9-19(16-22(20)31-2)32-18-11-14-29(15-12-18)17-6-3-4-7-17/h5,8-10,13,16-18H,3-4,6-7,11-12,14-15H2,1-2H3. The molecule has 3 heterocycles. The van der Waals surface area contributed by atoms with Gasteiger partial charge in [0.1, 0.15) is 23.4 Å². The molecule has 0 atom stereocenters. The Morgan fingerprint density at radius 1 is 1.06 bits per heavy atom. The largest absolute Gasteiger partial charge is 0.496 e. The number of benzene rings is 1. The molecule has 1 aliphatic carbocycles. The molecule has 0 unspecified atom stereocenters. The number of rotatable bonds is 5. The van der Waals surface area contributed by atoms with E-state index in [0.717, 1.165) is 43.3 Å². The molecule has 2 aromatic heterocycles. The van der Waals surface area contributed by atoms with Crippen molar-refractivity contribution >= 4 is 11.0 Å². The zero-order valence-corrected chi connectivity index (χ0v) is 18.8. The number of hydrogen-bond acceptors (Lipinski definition) is 6. The van der Waals surface area contributed by atoms with Crippen molar-refractivity contribution in [1.82, 2.24) is 19.4 Å². The second kappa shape index (κ2) is 8.90. The summed E-state index contributed by atoms with van der Waals surface area (Å²) in [5.41, 5.74) is 1.04. The number of likely N-dealkylation sites (tertiary alicyclic amines) is 1. The number of methoxy groups -OCH3 is 1. The Bertz CT molecular complexity index is 1160. The van der Waals surface area contributed by atoms with Gasteiger partial charge in [-0.2, -0.15) is 0 Å². The van der Waals surface area contributed by atoms with E-state index in [1.165, 1.54) is 25.7 Å². The predicted molar refractivity (Wildman–Crippen MR) is 124 cm³/mol. The summed E-state index contributed by atoms with van der Waals surface area (Å²) in [6, 6.07) is 10.0. The van der Waals surface area contributed by atoms with E-state index in [1.807, 2.05) is 18.2 Å². The minimum Gasteiger partial charge on any atom is -0.496 e. The van der Waals surface area contributed by atoms with Gasteiger partial charge in [-0.05, 0) is 49.9 Å². The Balaban J connectivity index is 1.35. The quantitative estimate of drug-likeness (QED) is 0.609. The summed E-state index contributed by atoms with van der Waals surface area (Å²) in [6.07, 6.45) is 9.42. The van der Waals surface area contributed by atoms with E-state index < -0.39 is 0 Å². The fourth-order valence-corrected chi connectivity index (χ4v) is 5.10. The van der Waals surface area contributed by atoms with Crippen LogP contribution in [-0.4, -0.2) is 51.8 Å². The molecule has 1 saturated heterocycles. The molecular formula is C25H30N4O3. The minimum absolute atomic E-state index is 0.130. The highest BCUT2D eigenvalue weighted by molar-refractivity contribution is 5.77. The summed E-state index contributed by atoms with van der Waals surface area (Å²) in [5.74, 6) is 1.94. The van der Waals surface area contributed by atoms with E-state index in [0.29, 0.717) is 22.6 Å². The van der Waals surface area contributed by atoms with Gasteiger partial charge in [-0.1, -0.05) is 12.8 Å². The first-order valence-electron chi connectivity index (χ1n) is 11.5. The number of pyridine rings is 1. The fourth-order valence-electron chi connectivity index (χ4n) is 5.10. The van der Waals surface area contributed by atoms with Crippen molar-refractivity contribution in [3.05, 3.63) is 46.9 Å². The molecule has 0 amide bonds. The van der Waals surface area contributed by atoms with E-state index in [4.69, 9.17) is 9.47 Å². The number of piperidine rings is 1. The normalized spacial score (nSPS) is 18.3. The van der Waals surface area contributed by atoms with E-state index >= 15 is 0 Å². The monoisotopic (exact) mass is 434 g/mol. The molecule has 7 nitrogen and oxygen atoms in total. The van der Waals surface area contributed by atoms with E-state index in [9.17, 15) is 4.79 Å². The minimum atomic E-state index is -0.130. The maximum Gasteiger partial charge on any atom is 0.263 e. The maximum absolute atomic E-state index is 12.8. The SMILES string of the molecule is COc1cc(OC2CCN(C3CCCC3)CC2)ccc1-c1nc2ncccc2c(=O)n1C. The number of ether oxygens (including phenoxy) is 2. The Hall–Kier alpha value is -2.93. The van der Waals surface area contributed by atoms with Crippen LogP contribution >= 0.6 is 0 Å². The first kappa shape index (κ1) is 20.9. The number of hydrogen-bond donors (Lipinski definition) is 0. The molecule has 0 bridgehead atoms. The topological polar surface area (TPSA) is 69.5 Å². The Kier molecular flexibility index (Phi) is 5.83. The van der Waals surface area contributed by atoms with Crippen LogP contribution < -0.4 is 15.0 Å². The molecule has 0 N–H and O–H groups in total. The third kappa shape index (κ3) is 3.97. The van der Waals surface area contributed by atoms with Gasteiger partial charge in [-0.25, -0.2) is 9.97 Å². The highest BCUT2D eigenvalue weighted by Crippen LogP contribution is 2.34. The molecular weight excluding hydrogens is 404 g/mol.